The summed E-state index contributed by atoms with van der Waals surface area (Å²) in [6, 6.07) is 5.50. The van der Waals surface area contributed by atoms with Gasteiger partial charge in [0.15, 0.2) is 11.5 Å². The Morgan fingerprint density at radius 1 is 1.04 bits per heavy atom. The van der Waals surface area contributed by atoms with E-state index >= 15 is 0 Å². The standard InChI is InChI=1S/C18H21NO5/c20-16-11-13(18(21)19-6-2-1-3-7-19)17(24-16)12-4-5-14-15(10-12)23-9-8-22-14/h4-5,10,13,17H,1-3,6-9,11H2/t13-,17-/m1/s1. The molecule has 1 amide bonds. The summed E-state index contributed by atoms with van der Waals surface area (Å²) in [6.45, 7) is 2.58. The molecule has 4 rings (SSSR count). The van der Waals surface area contributed by atoms with Crippen LogP contribution in [0.5, 0.6) is 11.5 Å². The van der Waals surface area contributed by atoms with Crippen molar-refractivity contribution in [2.24, 2.45) is 5.92 Å². The number of fused-ring (bicyclic) bond motifs is 1. The van der Waals surface area contributed by atoms with Crippen molar-refractivity contribution in [3.63, 3.8) is 0 Å². The van der Waals surface area contributed by atoms with Gasteiger partial charge in [-0.3, -0.25) is 9.59 Å². The molecule has 3 aliphatic heterocycles. The zero-order chi connectivity index (χ0) is 16.5. The lowest BCUT2D eigenvalue weighted by Gasteiger charge is -2.30. The SMILES string of the molecule is O=C1C[C@@H](C(=O)N2CCCCC2)[C@@H](c2ccc3c(c2)OCCO3)O1. The van der Waals surface area contributed by atoms with Crippen molar-refractivity contribution in [3.8, 4) is 11.5 Å². The summed E-state index contributed by atoms with van der Waals surface area (Å²) in [4.78, 5) is 26.6. The van der Waals surface area contributed by atoms with E-state index < -0.39 is 12.0 Å². The molecule has 24 heavy (non-hydrogen) atoms. The summed E-state index contributed by atoms with van der Waals surface area (Å²) in [7, 11) is 0. The molecule has 0 unspecified atom stereocenters. The lowest BCUT2D eigenvalue weighted by atomic mass is 9.92. The number of esters is 1. The number of amides is 1. The molecule has 2 atom stereocenters. The Bertz CT molecular complexity index is 653. The Kier molecular flexibility index (Phi) is 4.04. The van der Waals surface area contributed by atoms with Crippen LogP contribution < -0.4 is 9.47 Å². The maximum absolute atomic E-state index is 12.9. The zero-order valence-electron chi connectivity index (χ0n) is 13.5. The molecule has 0 bridgehead atoms. The number of hydrogen-bond acceptors (Lipinski definition) is 5. The van der Waals surface area contributed by atoms with Crippen LogP contribution in [-0.2, 0) is 14.3 Å². The lowest BCUT2D eigenvalue weighted by Crippen LogP contribution is -2.40. The van der Waals surface area contributed by atoms with Crippen LogP contribution >= 0.6 is 0 Å². The van der Waals surface area contributed by atoms with Crippen LogP contribution in [0.1, 0.15) is 37.4 Å². The van der Waals surface area contributed by atoms with Crippen molar-refractivity contribution in [1.29, 1.82) is 0 Å². The van der Waals surface area contributed by atoms with Gasteiger partial charge in [0.2, 0.25) is 5.91 Å². The summed E-state index contributed by atoms with van der Waals surface area (Å²) in [5.74, 6) is 0.600. The first-order chi connectivity index (χ1) is 11.7. The van der Waals surface area contributed by atoms with Crippen molar-refractivity contribution in [3.05, 3.63) is 23.8 Å². The largest absolute Gasteiger partial charge is 0.486 e. The number of rotatable bonds is 2. The van der Waals surface area contributed by atoms with Crippen LogP contribution in [0.4, 0.5) is 0 Å². The maximum atomic E-state index is 12.9. The molecule has 0 aromatic heterocycles. The van der Waals surface area contributed by atoms with Gasteiger partial charge in [-0.15, -0.1) is 0 Å². The minimum absolute atomic E-state index is 0.0282. The third kappa shape index (κ3) is 2.81. The number of carbonyl (C=O) groups excluding carboxylic acids is 2. The summed E-state index contributed by atoms with van der Waals surface area (Å²) < 4.78 is 16.6. The third-order valence-electron chi connectivity index (χ3n) is 4.89. The van der Waals surface area contributed by atoms with Gasteiger partial charge in [0.05, 0.1) is 12.3 Å². The van der Waals surface area contributed by atoms with Gasteiger partial charge < -0.3 is 19.1 Å². The second kappa shape index (κ2) is 6.34. The normalized spacial score (nSPS) is 26.2. The Morgan fingerprint density at radius 2 is 1.79 bits per heavy atom. The molecule has 128 valence electrons. The highest BCUT2D eigenvalue weighted by molar-refractivity contribution is 5.87. The first kappa shape index (κ1) is 15.3. The molecule has 0 N–H and O–H groups in total. The molecule has 3 heterocycles. The van der Waals surface area contributed by atoms with E-state index in [0.29, 0.717) is 24.7 Å². The average Bonchev–Trinajstić information content (AvgIpc) is 3.03. The second-order valence-corrected chi connectivity index (χ2v) is 6.51. The van der Waals surface area contributed by atoms with Gasteiger partial charge >= 0.3 is 5.97 Å². The number of benzene rings is 1. The van der Waals surface area contributed by atoms with E-state index in [1.807, 2.05) is 23.1 Å². The number of hydrogen-bond donors (Lipinski definition) is 0. The molecular weight excluding hydrogens is 310 g/mol. The predicted octanol–water partition coefficient (Wildman–Crippen LogP) is 2.07. The average molecular weight is 331 g/mol. The number of nitrogens with zero attached hydrogens (tertiary/aromatic N) is 1. The van der Waals surface area contributed by atoms with Crippen LogP contribution in [0, 0.1) is 5.92 Å². The summed E-state index contributed by atoms with van der Waals surface area (Å²) in [6.07, 6.45) is 2.83. The molecular formula is C18H21NO5. The minimum Gasteiger partial charge on any atom is -0.486 e. The van der Waals surface area contributed by atoms with E-state index in [9.17, 15) is 9.59 Å². The lowest BCUT2D eigenvalue weighted by molar-refractivity contribution is -0.142. The van der Waals surface area contributed by atoms with Crippen LogP contribution in [0.25, 0.3) is 0 Å². The van der Waals surface area contributed by atoms with Crippen molar-refractivity contribution >= 4 is 11.9 Å². The molecule has 6 nitrogen and oxygen atoms in total. The predicted molar refractivity (Wildman–Crippen MR) is 84.8 cm³/mol. The Balaban J connectivity index is 1.58. The van der Waals surface area contributed by atoms with E-state index in [2.05, 4.69) is 0 Å². The second-order valence-electron chi connectivity index (χ2n) is 6.51. The van der Waals surface area contributed by atoms with Gasteiger partial charge in [0.1, 0.15) is 19.3 Å². The summed E-state index contributed by atoms with van der Waals surface area (Å²) >= 11 is 0. The fourth-order valence-corrected chi connectivity index (χ4v) is 3.66. The molecule has 2 fully saturated rings. The molecule has 3 aliphatic rings. The quantitative estimate of drug-likeness (QED) is 0.776. The topological polar surface area (TPSA) is 65.1 Å². The number of likely N-dealkylation sites (tertiary alicyclic amines) is 1. The molecule has 1 aromatic rings. The molecule has 0 spiro atoms. The van der Waals surface area contributed by atoms with Crippen molar-refractivity contribution in [2.45, 2.75) is 31.8 Å². The molecule has 0 radical (unpaired) electrons. The van der Waals surface area contributed by atoms with Crippen molar-refractivity contribution < 1.29 is 23.8 Å². The van der Waals surface area contributed by atoms with E-state index in [0.717, 1.165) is 37.9 Å². The van der Waals surface area contributed by atoms with E-state index in [-0.39, 0.29) is 18.3 Å². The highest BCUT2D eigenvalue weighted by Gasteiger charge is 2.43. The molecule has 0 aliphatic carbocycles. The Morgan fingerprint density at radius 3 is 2.58 bits per heavy atom. The van der Waals surface area contributed by atoms with Crippen LogP contribution in [-0.4, -0.2) is 43.1 Å². The number of ether oxygens (including phenoxy) is 3. The number of carbonyl (C=O) groups is 2. The van der Waals surface area contributed by atoms with Gasteiger partial charge in [0, 0.05) is 13.1 Å². The molecule has 0 saturated carbocycles. The monoisotopic (exact) mass is 331 g/mol. The number of cyclic esters (lactones) is 1. The maximum Gasteiger partial charge on any atom is 0.307 e. The molecule has 1 aromatic carbocycles. The zero-order valence-corrected chi connectivity index (χ0v) is 13.5. The fourth-order valence-electron chi connectivity index (χ4n) is 3.66. The van der Waals surface area contributed by atoms with Crippen molar-refractivity contribution in [1.82, 2.24) is 4.90 Å². The molecule has 6 heteroatoms. The van der Waals surface area contributed by atoms with Gasteiger partial charge in [-0.25, -0.2) is 0 Å². The Labute approximate surface area is 140 Å². The highest BCUT2D eigenvalue weighted by Crippen LogP contribution is 2.40. The van der Waals surface area contributed by atoms with E-state index in [1.165, 1.54) is 0 Å². The van der Waals surface area contributed by atoms with Crippen LogP contribution in [0.15, 0.2) is 18.2 Å². The van der Waals surface area contributed by atoms with Gasteiger partial charge in [-0.05, 0) is 37.0 Å². The third-order valence-corrected chi connectivity index (χ3v) is 4.89. The van der Waals surface area contributed by atoms with Gasteiger partial charge in [0.25, 0.3) is 0 Å². The molecule has 2 saturated heterocycles. The van der Waals surface area contributed by atoms with Crippen LogP contribution in [0.2, 0.25) is 0 Å². The Hall–Kier alpha value is -2.24. The smallest absolute Gasteiger partial charge is 0.307 e. The first-order valence-electron chi connectivity index (χ1n) is 8.60. The van der Waals surface area contributed by atoms with Crippen molar-refractivity contribution in [2.75, 3.05) is 26.3 Å². The first-order valence-corrected chi connectivity index (χ1v) is 8.60. The summed E-state index contributed by atoms with van der Waals surface area (Å²) in [5.41, 5.74) is 0.792. The van der Waals surface area contributed by atoms with E-state index in [1.54, 1.807) is 0 Å². The van der Waals surface area contributed by atoms with Gasteiger partial charge in [-0.2, -0.15) is 0 Å². The van der Waals surface area contributed by atoms with Crippen LogP contribution in [0.3, 0.4) is 0 Å². The summed E-state index contributed by atoms with van der Waals surface area (Å²) in [5, 5.41) is 0. The fraction of sp³-hybridized carbons (Fsp3) is 0.556. The minimum atomic E-state index is -0.539. The van der Waals surface area contributed by atoms with Gasteiger partial charge in [-0.1, -0.05) is 6.07 Å². The highest BCUT2D eigenvalue weighted by atomic mass is 16.6. The number of piperidine rings is 1. The van der Waals surface area contributed by atoms with E-state index in [4.69, 9.17) is 14.2 Å².